The lowest BCUT2D eigenvalue weighted by molar-refractivity contribution is -0.135. The lowest BCUT2D eigenvalue weighted by Gasteiger charge is -2.22. The fourth-order valence-electron chi connectivity index (χ4n) is 3.76. The van der Waals surface area contributed by atoms with Crippen LogP contribution in [0.3, 0.4) is 0 Å². The van der Waals surface area contributed by atoms with Crippen molar-refractivity contribution in [2.24, 2.45) is 0 Å². The topological polar surface area (TPSA) is 184 Å². The number of phenols is 1. The number of rotatable bonds is 8. The summed E-state index contributed by atoms with van der Waals surface area (Å²) in [4.78, 5) is 30.7. The third-order valence-electron chi connectivity index (χ3n) is 6.89. The molecule has 2 atom stereocenters. The van der Waals surface area contributed by atoms with E-state index in [1.54, 1.807) is 86.6 Å². The van der Waals surface area contributed by atoms with Gasteiger partial charge in [-0.15, -0.1) is 0 Å². The first-order chi connectivity index (χ1) is 24.1. The van der Waals surface area contributed by atoms with Gasteiger partial charge in [0.2, 0.25) is 0 Å². The van der Waals surface area contributed by atoms with E-state index in [9.17, 15) is 19.8 Å². The van der Waals surface area contributed by atoms with Crippen LogP contribution in [-0.2, 0) is 9.59 Å². The van der Waals surface area contributed by atoms with Gasteiger partial charge in [0.15, 0.2) is 17.0 Å². The first-order valence-electron chi connectivity index (χ1n) is 15.0. The van der Waals surface area contributed by atoms with Gasteiger partial charge in [0.05, 0.1) is 36.4 Å². The van der Waals surface area contributed by atoms with Gasteiger partial charge >= 0.3 is 0 Å². The standard InChI is InChI=1S/C19H17N3O3.C12H13BrN2O2.C7H5NO/c1-13-10-15(6-9-17(13)21-3)22-18(23)19(2,24)12-25-16-7-4-14(11-20)5-8-16;1-8-6-9(4-5-10(8)14-3)15-11(16)12(2,17)7-13;8-5-6-1-3-7(9)4-2-6/h4-10,24H,12H2,1-2H3,(H,22,23);4-6,17H,7H2,1-2H3,(H,15,16);1-4,9H/t19-;12-;/m11./s1. The second-order valence-electron chi connectivity index (χ2n) is 11.4. The van der Waals surface area contributed by atoms with Gasteiger partial charge in [-0.2, -0.15) is 10.5 Å². The van der Waals surface area contributed by atoms with Crippen LogP contribution in [0.4, 0.5) is 22.7 Å². The van der Waals surface area contributed by atoms with Crippen molar-refractivity contribution < 1.29 is 29.6 Å². The number of halogens is 1. The maximum Gasteiger partial charge on any atom is 0.259 e. The van der Waals surface area contributed by atoms with Crippen LogP contribution in [0, 0.1) is 49.7 Å². The number of aryl methyl sites for hydroxylation is 2. The molecule has 0 aliphatic heterocycles. The molecule has 0 heterocycles. The summed E-state index contributed by atoms with van der Waals surface area (Å²) in [5.41, 5.74) is 1.51. The van der Waals surface area contributed by atoms with Gasteiger partial charge in [0.25, 0.3) is 11.8 Å². The van der Waals surface area contributed by atoms with Crippen LogP contribution in [0.5, 0.6) is 11.5 Å². The number of benzene rings is 4. The summed E-state index contributed by atoms with van der Waals surface area (Å²) in [5, 5.41) is 51.2. The smallest absolute Gasteiger partial charge is 0.259 e. The number of nitrogens with zero attached hydrogens (tertiary/aromatic N) is 4. The molecule has 4 aromatic rings. The van der Waals surface area contributed by atoms with E-state index in [4.69, 9.17) is 33.5 Å². The highest BCUT2D eigenvalue weighted by Gasteiger charge is 2.32. The summed E-state index contributed by atoms with van der Waals surface area (Å²) in [7, 11) is 0. The van der Waals surface area contributed by atoms with Crippen LogP contribution in [0.1, 0.15) is 36.1 Å². The van der Waals surface area contributed by atoms with E-state index in [0.717, 1.165) is 11.1 Å². The van der Waals surface area contributed by atoms with Crippen molar-refractivity contribution in [1.29, 1.82) is 10.5 Å². The third kappa shape index (κ3) is 13.0. The molecule has 0 unspecified atom stereocenters. The zero-order valence-corrected chi connectivity index (χ0v) is 29.8. The van der Waals surface area contributed by atoms with E-state index in [1.165, 1.54) is 26.0 Å². The number of phenolic OH excluding ortho intramolecular Hbond substituents is 1. The predicted octanol–water partition coefficient (Wildman–Crippen LogP) is 7.08. The number of nitrogens with one attached hydrogen (secondary N) is 2. The van der Waals surface area contributed by atoms with Crippen molar-refractivity contribution in [2.45, 2.75) is 38.9 Å². The van der Waals surface area contributed by atoms with E-state index >= 15 is 0 Å². The summed E-state index contributed by atoms with van der Waals surface area (Å²) in [6, 6.07) is 26.3. The fourth-order valence-corrected chi connectivity index (χ4v) is 4.02. The summed E-state index contributed by atoms with van der Waals surface area (Å²) in [5.74, 6) is -0.459. The van der Waals surface area contributed by atoms with Gasteiger partial charge in [0, 0.05) is 16.7 Å². The van der Waals surface area contributed by atoms with Crippen LogP contribution in [0.15, 0.2) is 84.9 Å². The summed E-state index contributed by atoms with van der Waals surface area (Å²) in [6.45, 7) is 20.0. The van der Waals surface area contributed by atoms with Crippen LogP contribution >= 0.6 is 15.9 Å². The van der Waals surface area contributed by atoms with Gasteiger partial charge in [0.1, 0.15) is 23.7 Å². The second kappa shape index (κ2) is 19.1. The molecule has 0 bridgehead atoms. The molecule has 4 aromatic carbocycles. The predicted molar refractivity (Wildman–Crippen MR) is 197 cm³/mol. The number of hydrogen-bond donors (Lipinski definition) is 5. The maximum atomic E-state index is 12.3. The molecule has 5 N–H and O–H groups in total. The van der Waals surface area contributed by atoms with E-state index in [-0.39, 0.29) is 17.7 Å². The van der Waals surface area contributed by atoms with Crippen molar-refractivity contribution in [3.8, 4) is 23.6 Å². The average Bonchev–Trinajstić information content (AvgIpc) is 3.12. The Labute approximate surface area is 305 Å². The largest absolute Gasteiger partial charge is 0.508 e. The molecule has 0 saturated heterocycles. The van der Waals surface area contributed by atoms with E-state index in [0.29, 0.717) is 39.6 Å². The Hall–Kier alpha value is -6.22. The molecular weight excluding hydrogens is 716 g/mol. The quantitative estimate of drug-likeness (QED) is 0.0934. The number of carbonyl (C=O) groups is 2. The number of alkyl halides is 1. The zero-order chi connectivity index (χ0) is 38.2. The molecule has 0 fully saturated rings. The van der Waals surface area contributed by atoms with Gasteiger partial charge in [-0.1, -0.05) is 28.1 Å². The van der Waals surface area contributed by atoms with Crippen LogP contribution < -0.4 is 15.4 Å². The Kier molecular flexibility index (Phi) is 15.3. The molecule has 2 amide bonds. The molecule has 0 aliphatic carbocycles. The van der Waals surface area contributed by atoms with Crippen LogP contribution in [-0.4, -0.2) is 50.3 Å². The number of anilines is 2. The SMILES string of the molecule is N#Cc1ccc(O)cc1.[C-]#[N+]c1ccc(NC(=O)[C@](C)(O)CBr)cc1C.[C-]#[N+]c1ccc(NC(=O)[C@](C)(O)COc2ccc(C#N)cc2)cc1C. The Morgan fingerprint density at radius 3 is 1.55 bits per heavy atom. The average molecular weight is 752 g/mol. The number of amides is 2. The molecule has 4 rings (SSSR count). The molecular formula is C38H35BrN6O6. The fraction of sp³-hybridized carbons (Fsp3) is 0.211. The molecule has 0 aromatic heterocycles. The molecule has 51 heavy (non-hydrogen) atoms. The second-order valence-corrected chi connectivity index (χ2v) is 12.0. The molecule has 0 radical (unpaired) electrons. The minimum atomic E-state index is -1.75. The minimum Gasteiger partial charge on any atom is -0.508 e. The van der Waals surface area contributed by atoms with E-state index < -0.39 is 23.0 Å². The highest BCUT2D eigenvalue weighted by Crippen LogP contribution is 2.24. The normalized spacial score (nSPS) is 12.1. The number of hydrogen-bond acceptors (Lipinski definition) is 8. The molecule has 0 saturated carbocycles. The van der Waals surface area contributed by atoms with Crippen molar-refractivity contribution in [3.63, 3.8) is 0 Å². The zero-order valence-electron chi connectivity index (χ0n) is 28.2. The van der Waals surface area contributed by atoms with Gasteiger partial charge in [-0.3, -0.25) is 9.59 Å². The van der Waals surface area contributed by atoms with Crippen molar-refractivity contribution >= 4 is 50.5 Å². The monoisotopic (exact) mass is 750 g/mol. The highest BCUT2D eigenvalue weighted by molar-refractivity contribution is 9.09. The Morgan fingerprint density at radius 2 is 1.18 bits per heavy atom. The first-order valence-corrected chi connectivity index (χ1v) is 16.1. The van der Waals surface area contributed by atoms with Gasteiger partial charge < -0.3 is 30.7 Å². The summed E-state index contributed by atoms with van der Waals surface area (Å²) >= 11 is 3.07. The van der Waals surface area contributed by atoms with E-state index in [1.807, 2.05) is 12.1 Å². The molecule has 13 heteroatoms. The van der Waals surface area contributed by atoms with Crippen molar-refractivity contribution in [3.05, 3.63) is 130 Å². The number of carbonyl (C=O) groups excluding carboxylic acids is 2. The summed E-state index contributed by atoms with van der Waals surface area (Å²) in [6.07, 6.45) is 0. The Balaban J connectivity index is 0.000000297. The number of aliphatic hydroxyl groups is 2. The Bertz CT molecular complexity index is 2000. The van der Waals surface area contributed by atoms with Crippen molar-refractivity contribution in [2.75, 3.05) is 22.6 Å². The maximum absolute atomic E-state index is 12.3. The summed E-state index contributed by atoms with van der Waals surface area (Å²) < 4.78 is 5.43. The minimum absolute atomic E-state index is 0.158. The molecule has 0 aliphatic rings. The van der Waals surface area contributed by atoms with Crippen LogP contribution in [0.2, 0.25) is 0 Å². The van der Waals surface area contributed by atoms with Crippen LogP contribution in [0.25, 0.3) is 9.69 Å². The molecule has 12 nitrogen and oxygen atoms in total. The number of nitriles is 2. The molecule has 0 spiro atoms. The van der Waals surface area contributed by atoms with Gasteiger partial charge in [-0.05, 0) is 112 Å². The lowest BCUT2D eigenvalue weighted by atomic mass is 10.1. The number of aromatic hydroxyl groups is 1. The van der Waals surface area contributed by atoms with Gasteiger partial charge in [-0.25, -0.2) is 9.69 Å². The molecule has 260 valence electrons. The first kappa shape index (κ1) is 41.0. The Morgan fingerprint density at radius 1 is 0.765 bits per heavy atom. The number of ether oxygens (including phenoxy) is 1. The lowest BCUT2D eigenvalue weighted by Crippen LogP contribution is -2.45. The third-order valence-corrected chi connectivity index (χ3v) is 7.98. The highest BCUT2D eigenvalue weighted by atomic mass is 79.9. The van der Waals surface area contributed by atoms with Crippen molar-refractivity contribution in [1.82, 2.24) is 0 Å². The van der Waals surface area contributed by atoms with E-state index in [2.05, 4.69) is 36.3 Å².